The minimum absolute atomic E-state index is 0.438. The minimum atomic E-state index is 0.438. The number of rotatable bonds is 7. The number of fused-ring (bicyclic) bond motifs is 1. The van der Waals surface area contributed by atoms with Crippen molar-refractivity contribution < 1.29 is 0 Å². The second-order valence-electron chi connectivity index (χ2n) is 8.83. The Morgan fingerprint density at radius 2 is 1.82 bits per heavy atom. The summed E-state index contributed by atoms with van der Waals surface area (Å²) < 4.78 is 2.08. The SMILES string of the molecule is Cc1nn2c(C3CCCN(Cc4ccc(Cl)cc4)C3)ccnc2c1CNCc1ccncc1. The molecule has 4 aromatic rings. The third-order valence-corrected chi connectivity index (χ3v) is 6.72. The first kappa shape index (κ1) is 22.0. The number of aryl methyl sites for hydroxylation is 1. The smallest absolute Gasteiger partial charge is 0.159 e. The highest BCUT2D eigenvalue weighted by Crippen LogP contribution is 2.29. The number of nitrogens with one attached hydrogen (secondary N) is 1. The fraction of sp³-hybridized carbons (Fsp3) is 0.346. The Hall–Kier alpha value is -2.80. The van der Waals surface area contributed by atoms with E-state index >= 15 is 0 Å². The Balaban J connectivity index is 1.31. The van der Waals surface area contributed by atoms with Gasteiger partial charge in [-0.25, -0.2) is 9.50 Å². The Morgan fingerprint density at radius 3 is 2.64 bits per heavy atom. The number of hydrogen-bond acceptors (Lipinski definition) is 5. The fourth-order valence-corrected chi connectivity index (χ4v) is 4.88. The van der Waals surface area contributed by atoms with Gasteiger partial charge in [-0.15, -0.1) is 0 Å². The van der Waals surface area contributed by atoms with Gasteiger partial charge in [-0.05, 0) is 67.8 Å². The van der Waals surface area contributed by atoms with E-state index in [4.69, 9.17) is 21.7 Å². The zero-order valence-corrected chi connectivity index (χ0v) is 19.7. The molecule has 5 rings (SSSR count). The van der Waals surface area contributed by atoms with Crippen LogP contribution in [0.5, 0.6) is 0 Å². The molecule has 1 N–H and O–H groups in total. The van der Waals surface area contributed by atoms with Gasteiger partial charge >= 0.3 is 0 Å². The molecule has 0 bridgehead atoms. The van der Waals surface area contributed by atoms with Gasteiger partial charge in [-0.1, -0.05) is 23.7 Å². The van der Waals surface area contributed by atoms with Crippen LogP contribution in [0.2, 0.25) is 5.02 Å². The molecule has 4 heterocycles. The van der Waals surface area contributed by atoms with Crippen LogP contribution in [0.15, 0.2) is 61.1 Å². The molecule has 1 fully saturated rings. The molecule has 33 heavy (non-hydrogen) atoms. The topological polar surface area (TPSA) is 58.4 Å². The maximum absolute atomic E-state index is 6.05. The Labute approximate surface area is 199 Å². The molecule has 3 aromatic heterocycles. The molecule has 170 valence electrons. The van der Waals surface area contributed by atoms with E-state index in [-0.39, 0.29) is 0 Å². The first-order valence-electron chi connectivity index (χ1n) is 11.6. The second-order valence-corrected chi connectivity index (χ2v) is 9.27. The lowest BCUT2D eigenvalue weighted by Gasteiger charge is -2.33. The maximum atomic E-state index is 6.05. The van der Waals surface area contributed by atoms with E-state index in [0.29, 0.717) is 5.92 Å². The zero-order valence-electron chi connectivity index (χ0n) is 18.9. The van der Waals surface area contributed by atoms with Gasteiger partial charge < -0.3 is 5.32 Å². The van der Waals surface area contributed by atoms with E-state index in [0.717, 1.165) is 49.1 Å². The lowest BCUT2D eigenvalue weighted by atomic mass is 9.94. The molecule has 0 saturated carbocycles. The van der Waals surface area contributed by atoms with Crippen LogP contribution >= 0.6 is 11.6 Å². The van der Waals surface area contributed by atoms with E-state index in [1.807, 2.05) is 42.9 Å². The number of likely N-dealkylation sites (tertiary alicyclic amines) is 1. The molecular formula is C26H29ClN6. The third kappa shape index (κ3) is 5.08. The molecule has 0 radical (unpaired) electrons. The lowest BCUT2D eigenvalue weighted by Crippen LogP contribution is -2.34. The summed E-state index contributed by atoms with van der Waals surface area (Å²) in [7, 11) is 0. The average molecular weight is 461 g/mol. The van der Waals surface area contributed by atoms with E-state index in [1.54, 1.807) is 0 Å². The van der Waals surface area contributed by atoms with Crippen LogP contribution in [0, 0.1) is 6.92 Å². The first-order valence-corrected chi connectivity index (χ1v) is 11.9. The second kappa shape index (κ2) is 10.00. The molecule has 6 nitrogen and oxygen atoms in total. The Morgan fingerprint density at radius 1 is 1.00 bits per heavy atom. The van der Waals surface area contributed by atoms with Gasteiger partial charge in [0.1, 0.15) is 0 Å². The van der Waals surface area contributed by atoms with Crippen molar-refractivity contribution in [3.8, 4) is 0 Å². The van der Waals surface area contributed by atoms with Crippen molar-refractivity contribution in [1.29, 1.82) is 0 Å². The van der Waals surface area contributed by atoms with E-state index in [9.17, 15) is 0 Å². The number of aromatic nitrogens is 4. The Bertz CT molecular complexity index is 1200. The van der Waals surface area contributed by atoms with Gasteiger partial charge in [0.2, 0.25) is 0 Å². The molecule has 1 atom stereocenters. The van der Waals surface area contributed by atoms with Crippen molar-refractivity contribution in [3.63, 3.8) is 0 Å². The van der Waals surface area contributed by atoms with Gasteiger partial charge in [0.25, 0.3) is 0 Å². The van der Waals surface area contributed by atoms with Crippen LogP contribution in [0.1, 0.15) is 46.8 Å². The van der Waals surface area contributed by atoms with Crippen LogP contribution in [0.4, 0.5) is 0 Å². The van der Waals surface area contributed by atoms with Crippen LogP contribution in [-0.2, 0) is 19.6 Å². The summed E-state index contributed by atoms with van der Waals surface area (Å²) in [5, 5.41) is 9.23. The molecule has 1 aromatic carbocycles. The summed E-state index contributed by atoms with van der Waals surface area (Å²) in [6.45, 7) is 6.70. The molecule has 0 amide bonds. The van der Waals surface area contributed by atoms with E-state index < -0.39 is 0 Å². The van der Waals surface area contributed by atoms with Crippen molar-refractivity contribution in [2.75, 3.05) is 13.1 Å². The maximum Gasteiger partial charge on any atom is 0.159 e. The van der Waals surface area contributed by atoms with Crippen LogP contribution in [0.3, 0.4) is 0 Å². The van der Waals surface area contributed by atoms with E-state index in [1.165, 1.54) is 35.2 Å². The van der Waals surface area contributed by atoms with Crippen LogP contribution in [-0.4, -0.2) is 37.6 Å². The van der Waals surface area contributed by atoms with Crippen molar-refractivity contribution in [3.05, 3.63) is 94.2 Å². The van der Waals surface area contributed by atoms with Gasteiger partial charge in [0.05, 0.1) is 11.4 Å². The molecule has 7 heteroatoms. The van der Waals surface area contributed by atoms with Crippen molar-refractivity contribution in [2.45, 2.75) is 45.3 Å². The summed E-state index contributed by atoms with van der Waals surface area (Å²) in [4.78, 5) is 11.3. The predicted octanol–water partition coefficient (Wildman–Crippen LogP) is 4.76. The molecule has 1 aliphatic heterocycles. The number of hydrogen-bond donors (Lipinski definition) is 1. The highest BCUT2D eigenvalue weighted by atomic mass is 35.5. The predicted molar refractivity (Wildman–Crippen MR) is 131 cm³/mol. The summed E-state index contributed by atoms with van der Waals surface area (Å²) in [6, 6.07) is 14.4. The van der Waals surface area contributed by atoms with Gasteiger partial charge in [-0.2, -0.15) is 5.10 Å². The average Bonchev–Trinajstić information content (AvgIpc) is 3.16. The molecule has 0 aliphatic carbocycles. The molecule has 1 unspecified atom stereocenters. The van der Waals surface area contributed by atoms with Gasteiger partial charge in [0, 0.05) is 61.3 Å². The summed E-state index contributed by atoms with van der Waals surface area (Å²) >= 11 is 6.05. The highest BCUT2D eigenvalue weighted by molar-refractivity contribution is 6.30. The molecule has 1 saturated heterocycles. The fourth-order valence-electron chi connectivity index (χ4n) is 4.75. The lowest BCUT2D eigenvalue weighted by molar-refractivity contribution is 0.197. The van der Waals surface area contributed by atoms with Crippen LogP contribution < -0.4 is 5.32 Å². The number of piperidine rings is 1. The van der Waals surface area contributed by atoms with Crippen molar-refractivity contribution in [1.82, 2.24) is 29.8 Å². The largest absolute Gasteiger partial charge is 0.308 e. The standard InChI is InChI=1S/C26H29ClN6/c1-19-24(16-29-15-20-8-11-28-12-9-20)26-30-13-10-25(33(26)31-19)22-3-2-14-32(18-22)17-21-4-6-23(27)7-5-21/h4-13,22,29H,2-3,14-18H2,1H3. The number of pyridine rings is 1. The summed E-state index contributed by atoms with van der Waals surface area (Å²) in [6.07, 6.45) is 7.95. The first-order chi connectivity index (χ1) is 16.2. The minimum Gasteiger partial charge on any atom is -0.308 e. The number of nitrogens with zero attached hydrogens (tertiary/aromatic N) is 5. The molecular weight excluding hydrogens is 432 g/mol. The summed E-state index contributed by atoms with van der Waals surface area (Å²) in [5.41, 5.74) is 6.94. The number of benzene rings is 1. The van der Waals surface area contributed by atoms with Crippen LogP contribution in [0.25, 0.3) is 5.65 Å². The number of halogens is 1. The van der Waals surface area contributed by atoms with Crippen molar-refractivity contribution in [2.24, 2.45) is 0 Å². The monoisotopic (exact) mass is 460 g/mol. The quantitative estimate of drug-likeness (QED) is 0.431. The summed E-state index contributed by atoms with van der Waals surface area (Å²) in [5.74, 6) is 0.438. The van der Waals surface area contributed by atoms with Gasteiger partial charge in [-0.3, -0.25) is 9.88 Å². The highest BCUT2D eigenvalue weighted by Gasteiger charge is 2.25. The van der Waals surface area contributed by atoms with E-state index in [2.05, 4.69) is 44.8 Å². The van der Waals surface area contributed by atoms with Crippen molar-refractivity contribution >= 4 is 17.2 Å². The Kier molecular flexibility index (Phi) is 6.67. The third-order valence-electron chi connectivity index (χ3n) is 6.47. The zero-order chi connectivity index (χ0) is 22.6. The van der Waals surface area contributed by atoms with Gasteiger partial charge in [0.15, 0.2) is 5.65 Å². The normalized spacial score (nSPS) is 17.0. The molecule has 0 spiro atoms. The molecule has 1 aliphatic rings.